The van der Waals surface area contributed by atoms with Gasteiger partial charge in [-0.3, -0.25) is 0 Å². The summed E-state index contributed by atoms with van der Waals surface area (Å²) in [7, 11) is 0. The first-order valence-electron chi connectivity index (χ1n) is 4.73. The van der Waals surface area contributed by atoms with Crippen LogP contribution in [0.25, 0.3) is 0 Å². The standard InChI is InChI=1S/C11H23N/c1-9(2)12-8-10(3)7-11(4,5)6/h7,9,12H,8H2,1-6H3. The molecule has 0 atom stereocenters. The Bertz CT molecular complexity index is 149. The minimum Gasteiger partial charge on any atom is -0.311 e. The zero-order chi connectivity index (χ0) is 9.78. The van der Waals surface area contributed by atoms with Gasteiger partial charge in [-0.2, -0.15) is 0 Å². The van der Waals surface area contributed by atoms with E-state index in [9.17, 15) is 0 Å². The largest absolute Gasteiger partial charge is 0.311 e. The van der Waals surface area contributed by atoms with Crippen LogP contribution in [-0.4, -0.2) is 12.6 Å². The maximum Gasteiger partial charge on any atom is 0.0164 e. The third kappa shape index (κ3) is 7.80. The summed E-state index contributed by atoms with van der Waals surface area (Å²) in [6, 6.07) is 0.577. The molecule has 0 rings (SSSR count). The van der Waals surface area contributed by atoms with E-state index in [1.165, 1.54) is 5.57 Å². The number of hydrogen-bond donors (Lipinski definition) is 1. The molecule has 72 valence electrons. The van der Waals surface area contributed by atoms with Crippen LogP contribution in [-0.2, 0) is 0 Å². The van der Waals surface area contributed by atoms with Crippen LogP contribution in [0.3, 0.4) is 0 Å². The van der Waals surface area contributed by atoms with Gasteiger partial charge in [-0.05, 0) is 12.3 Å². The third-order valence-electron chi connectivity index (χ3n) is 1.47. The summed E-state index contributed by atoms with van der Waals surface area (Å²) < 4.78 is 0. The highest BCUT2D eigenvalue weighted by Crippen LogP contribution is 2.16. The number of rotatable bonds is 3. The summed E-state index contributed by atoms with van der Waals surface area (Å²) in [4.78, 5) is 0. The lowest BCUT2D eigenvalue weighted by atomic mass is 9.94. The van der Waals surface area contributed by atoms with Gasteiger partial charge in [0.25, 0.3) is 0 Å². The molecule has 1 heteroatoms. The van der Waals surface area contributed by atoms with Crippen molar-refractivity contribution < 1.29 is 0 Å². The maximum absolute atomic E-state index is 3.40. The molecule has 0 bridgehead atoms. The van der Waals surface area contributed by atoms with Crippen molar-refractivity contribution in [1.29, 1.82) is 0 Å². The van der Waals surface area contributed by atoms with Crippen LogP contribution in [0, 0.1) is 5.41 Å². The van der Waals surface area contributed by atoms with Gasteiger partial charge in [0.2, 0.25) is 0 Å². The fraction of sp³-hybridized carbons (Fsp3) is 0.818. The van der Waals surface area contributed by atoms with Gasteiger partial charge in [0.1, 0.15) is 0 Å². The molecule has 0 amide bonds. The lowest BCUT2D eigenvalue weighted by Crippen LogP contribution is -2.24. The van der Waals surface area contributed by atoms with Crippen LogP contribution in [0.4, 0.5) is 0 Å². The number of allylic oxidation sites excluding steroid dienone is 1. The van der Waals surface area contributed by atoms with Gasteiger partial charge in [-0.15, -0.1) is 0 Å². The van der Waals surface area contributed by atoms with Gasteiger partial charge >= 0.3 is 0 Å². The van der Waals surface area contributed by atoms with Gasteiger partial charge in [0.05, 0.1) is 0 Å². The van der Waals surface area contributed by atoms with Crippen molar-refractivity contribution in [3.8, 4) is 0 Å². The molecule has 1 nitrogen and oxygen atoms in total. The molecular formula is C11H23N. The molecule has 0 aliphatic heterocycles. The monoisotopic (exact) mass is 169 g/mol. The normalized spacial score (nSPS) is 14.1. The van der Waals surface area contributed by atoms with Crippen molar-refractivity contribution in [1.82, 2.24) is 5.32 Å². The Labute approximate surface area is 77.2 Å². The predicted molar refractivity (Wildman–Crippen MR) is 56.4 cm³/mol. The lowest BCUT2D eigenvalue weighted by Gasteiger charge is -2.15. The molecule has 0 aliphatic rings. The molecule has 0 radical (unpaired) electrons. The Morgan fingerprint density at radius 2 is 1.83 bits per heavy atom. The first kappa shape index (κ1) is 11.7. The topological polar surface area (TPSA) is 12.0 Å². The molecule has 0 spiro atoms. The summed E-state index contributed by atoms with van der Waals surface area (Å²) in [5.74, 6) is 0. The van der Waals surface area contributed by atoms with Crippen LogP contribution in [0.15, 0.2) is 11.6 Å². The molecular weight excluding hydrogens is 146 g/mol. The molecule has 0 saturated heterocycles. The van der Waals surface area contributed by atoms with E-state index in [2.05, 4.69) is 52.9 Å². The van der Waals surface area contributed by atoms with E-state index in [1.807, 2.05) is 0 Å². The highest BCUT2D eigenvalue weighted by atomic mass is 14.9. The van der Waals surface area contributed by atoms with Crippen LogP contribution in [0.2, 0.25) is 0 Å². The maximum atomic E-state index is 3.40. The summed E-state index contributed by atoms with van der Waals surface area (Å²) in [5.41, 5.74) is 1.74. The lowest BCUT2D eigenvalue weighted by molar-refractivity contribution is 0.533. The van der Waals surface area contributed by atoms with E-state index in [1.54, 1.807) is 0 Å². The zero-order valence-corrected chi connectivity index (χ0v) is 9.36. The quantitative estimate of drug-likeness (QED) is 0.640. The fourth-order valence-corrected chi connectivity index (χ4v) is 1.16. The minimum absolute atomic E-state index is 0.308. The molecule has 1 N–H and O–H groups in total. The summed E-state index contributed by atoms with van der Waals surface area (Å²) in [6.45, 7) is 14.2. The van der Waals surface area contributed by atoms with E-state index in [0.29, 0.717) is 11.5 Å². The Morgan fingerprint density at radius 1 is 1.33 bits per heavy atom. The first-order valence-corrected chi connectivity index (χ1v) is 4.73. The molecule has 0 aromatic carbocycles. The average Bonchev–Trinajstić information content (AvgIpc) is 1.79. The first-order chi connectivity index (χ1) is 5.31. The molecule has 0 aliphatic carbocycles. The van der Waals surface area contributed by atoms with Crippen molar-refractivity contribution in [3.05, 3.63) is 11.6 Å². The third-order valence-corrected chi connectivity index (χ3v) is 1.47. The molecule has 0 saturated carbocycles. The predicted octanol–water partition coefficient (Wildman–Crippen LogP) is 2.98. The van der Waals surface area contributed by atoms with Crippen molar-refractivity contribution in [3.63, 3.8) is 0 Å². The Morgan fingerprint density at radius 3 is 2.17 bits per heavy atom. The smallest absolute Gasteiger partial charge is 0.0164 e. The van der Waals surface area contributed by atoms with Gasteiger partial charge in [-0.1, -0.05) is 46.3 Å². The Hall–Kier alpha value is -0.300. The highest BCUT2D eigenvalue weighted by Gasteiger charge is 2.05. The van der Waals surface area contributed by atoms with Gasteiger partial charge < -0.3 is 5.32 Å². The van der Waals surface area contributed by atoms with Gasteiger partial charge in [0, 0.05) is 12.6 Å². The van der Waals surface area contributed by atoms with E-state index >= 15 is 0 Å². The van der Waals surface area contributed by atoms with Crippen molar-refractivity contribution in [2.75, 3.05) is 6.54 Å². The second kappa shape index (κ2) is 4.66. The zero-order valence-electron chi connectivity index (χ0n) is 9.36. The van der Waals surface area contributed by atoms with Crippen molar-refractivity contribution in [2.45, 2.75) is 47.6 Å². The molecule has 0 heterocycles. The molecule has 0 fully saturated rings. The van der Waals surface area contributed by atoms with E-state index in [-0.39, 0.29) is 0 Å². The fourth-order valence-electron chi connectivity index (χ4n) is 1.16. The van der Waals surface area contributed by atoms with Crippen LogP contribution in [0.5, 0.6) is 0 Å². The second-order valence-corrected chi connectivity index (χ2v) is 4.89. The minimum atomic E-state index is 0.308. The van der Waals surface area contributed by atoms with Gasteiger partial charge in [0.15, 0.2) is 0 Å². The molecule has 0 aromatic heterocycles. The van der Waals surface area contributed by atoms with Crippen LogP contribution >= 0.6 is 0 Å². The summed E-state index contributed by atoms with van der Waals surface area (Å²) >= 11 is 0. The number of nitrogens with one attached hydrogen (secondary N) is 1. The molecule has 0 aromatic rings. The Kier molecular flexibility index (Phi) is 4.54. The van der Waals surface area contributed by atoms with Crippen LogP contribution < -0.4 is 5.32 Å². The van der Waals surface area contributed by atoms with Crippen molar-refractivity contribution in [2.24, 2.45) is 5.41 Å². The average molecular weight is 169 g/mol. The number of hydrogen-bond acceptors (Lipinski definition) is 1. The van der Waals surface area contributed by atoms with E-state index in [0.717, 1.165) is 6.54 Å². The second-order valence-electron chi connectivity index (χ2n) is 4.89. The SMILES string of the molecule is CC(=CC(C)(C)C)CNC(C)C. The van der Waals surface area contributed by atoms with E-state index < -0.39 is 0 Å². The molecule has 12 heavy (non-hydrogen) atoms. The highest BCUT2D eigenvalue weighted by molar-refractivity contribution is 5.05. The van der Waals surface area contributed by atoms with E-state index in [4.69, 9.17) is 0 Å². The Balaban J connectivity index is 3.87. The summed E-state index contributed by atoms with van der Waals surface area (Å²) in [5, 5.41) is 3.40. The van der Waals surface area contributed by atoms with Crippen LogP contribution in [0.1, 0.15) is 41.5 Å². The molecule has 0 unspecified atom stereocenters. The van der Waals surface area contributed by atoms with Gasteiger partial charge in [-0.25, -0.2) is 0 Å². The summed E-state index contributed by atoms with van der Waals surface area (Å²) in [6.07, 6.45) is 2.32. The van der Waals surface area contributed by atoms with Crippen molar-refractivity contribution >= 4 is 0 Å².